The van der Waals surface area contributed by atoms with E-state index in [0.717, 1.165) is 22.5 Å². The van der Waals surface area contributed by atoms with Crippen LogP contribution in [0.15, 0.2) is 89.8 Å². The first-order valence-electron chi connectivity index (χ1n) is 13.9. The second kappa shape index (κ2) is 14.6. The van der Waals surface area contributed by atoms with E-state index < -0.39 is 33.4 Å². The average Bonchev–Trinajstić information content (AvgIpc) is 3.04. The Labute approximate surface area is 266 Å². The number of para-hydroxylation sites is 1. The summed E-state index contributed by atoms with van der Waals surface area (Å²) >= 11 is 5.97. The van der Waals surface area contributed by atoms with Crippen LogP contribution in [-0.4, -0.2) is 53.6 Å². The highest BCUT2D eigenvalue weighted by molar-refractivity contribution is 7.92. The second-order valence-electron chi connectivity index (χ2n) is 10.1. The number of rotatable bonds is 13. The molecule has 8 nitrogen and oxygen atoms in total. The average molecular weight is 659 g/mol. The van der Waals surface area contributed by atoms with Crippen LogP contribution in [0.3, 0.4) is 0 Å². The molecule has 45 heavy (non-hydrogen) atoms. The van der Waals surface area contributed by atoms with Gasteiger partial charge in [-0.05, 0) is 67.9 Å². The van der Waals surface area contributed by atoms with Crippen molar-refractivity contribution in [2.45, 2.75) is 24.3 Å². The Morgan fingerprint density at radius 1 is 0.911 bits per heavy atom. The number of sulfonamides is 1. The summed E-state index contributed by atoms with van der Waals surface area (Å²) in [6, 6.07) is 18.7. The van der Waals surface area contributed by atoms with E-state index in [1.807, 2.05) is 0 Å². The van der Waals surface area contributed by atoms with Crippen LogP contribution >= 0.6 is 11.6 Å². The van der Waals surface area contributed by atoms with Gasteiger partial charge in [-0.15, -0.1) is 0 Å². The molecule has 0 aliphatic carbocycles. The third kappa shape index (κ3) is 7.66. The molecule has 0 saturated carbocycles. The van der Waals surface area contributed by atoms with Gasteiger partial charge in [0.05, 0.1) is 43.0 Å². The van der Waals surface area contributed by atoms with Crippen LogP contribution < -0.4 is 18.5 Å². The fraction of sp³-hybridized carbons (Fsp3) is 0.242. The third-order valence-corrected chi connectivity index (χ3v) is 9.27. The molecular weight excluding hydrogens is 626 g/mol. The van der Waals surface area contributed by atoms with Crippen molar-refractivity contribution in [3.05, 3.63) is 113 Å². The van der Waals surface area contributed by atoms with Gasteiger partial charge in [0, 0.05) is 36.3 Å². The van der Waals surface area contributed by atoms with E-state index in [2.05, 4.69) is 0 Å². The minimum absolute atomic E-state index is 0.151. The summed E-state index contributed by atoms with van der Waals surface area (Å²) in [5, 5.41) is 0.319. The number of halogens is 3. The number of nitrogens with zero attached hydrogens (tertiary/aromatic N) is 2. The van der Waals surface area contributed by atoms with Crippen LogP contribution in [-0.2, 0) is 10.0 Å². The first-order valence-corrected chi connectivity index (χ1v) is 15.7. The summed E-state index contributed by atoms with van der Waals surface area (Å²) in [7, 11) is 0.255. The molecule has 12 heteroatoms. The molecule has 0 aliphatic heterocycles. The zero-order valence-electron chi connectivity index (χ0n) is 25.2. The van der Waals surface area contributed by atoms with E-state index in [1.54, 1.807) is 56.4 Å². The highest BCUT2D eigenvalue weighted by Gasteiger charge is 2.34. The maximum atomic E-state index is 15.1. The topological polar surface area (TPSA) is 85.4 Å². The Kier molecular flexibility index (Phi) is 10.9. The lowest BCUT2D eigenvalue weighted by Crippen LogP contribution is -2.34. The Morgan fingerprint density at radius 3 is 2.31 bits per heavy atom. The van der Waals surface area contributed by atoms with Gasteiger partial charge < -0.3 is 19.1 Å². The quantitative estimate of drug-likeness (QED) is 0.142. The summed E-state index contributed by atoms with van der Waals surface area (Å²) in [6.07, 6.45) is 0.439. The number of carbonyl (C=O) groups excluding carboxylic acids is 1. The largest absolute Gasteiger partial charge is 0.497 e. The first kappa shape index (κ1) is 33.5. The van der Waals surface area contributed by atoms with Gasteiger partial charge in [-0.2, -0.15) is 0 Å². The standard InChI is InChI=1S/C33H33ClF2N2O6S/c1-22(38(30-20-24(35)12-17-29(30)36)45(40,41)26-14-10-23(34)11-15-26)27-8-5-6-9-31(27)44-19-7-18-37(2)33(39)28-16-13-25(42-3)21-32(28)43-4/h5-6,8-17,20-22H,7,18-19H2,1-4H3. The van der Waals surface area contributed by atoms with Crippen molar-refractivity contribution in [3.8, 4) is 17.2 Å². The Morgan fingerprint density at radius 2 is 1.62 bits per heavy atom. The van der Waals surface area contributed by atoms with Crippen LogP contribution in [0.4, 0.5) is 14.5 Å². The summed E-state index contributed by atoms with van der Waals surface area (Å²) in [5.41, 5.74) is 0.347. The molecule has 4 aromatic carbocycles. The number of hydrogen-bond acceptors (Lipinski definition) is 6. The predicted molar refractivity (Wildman–Crippen MR) is 169 cm³/mol. The van der Waals surface area contributed by atoms with Gasteiger partial charge in [-0.1, -0.05) is 29.8 Å². The molecule has 0 aromatic heterocycles. The van der Waals surface area contributed by atoms with E-state index in [1.165, 1.54) is 43.4 Å². The Hall–Kier alpha value is -4.35. The maximum absolute atomic E-state index is 15.1. The third-order valence-electron chi connectivity index (χ3n) is 7.12. The van der Waals surface area contributed by atoms with Crippen molar-refractivity contribution in [1.82, 2.24) is 4.90 Å². The fourth-order valence-electron chi connectivity index (χ4n) is 4.77. The van der Waals surface area contributed by atoms with Crippen LogP contribution in [0, 0.1) is 11.6 Å². The van der Waals surface area contributed by atoms with Crippen LogP contribution in [0.1, 0.15) is 35.3 Å². The minimum Gasteiger partial charge on any atom is -0.497 e. The predicted octanol–water partition coefficient (Wildman–Crippen LogP) is 7.13. The zero-order valence-corrected chi connectivity index (χ0v) is 26.7. The summed E-state index contributed by atoms with van der Waals surface area (Å²) < 4.78 is 74.8. The normalized spacial score (nSPS) is 11.9. The Bertz CT molecular complexity index is 1750. The number of hydrogen-bond donors (Lipinski definition) is 0. The Balaban J connectivity index is 1.55. The summed E-state index contributed by atoms with van der Waals surface area (Å²) in [4.78, 5) is 14.4. The number of carbonyl (C=O) groups is 1. The number of benzene rings is 4. The molecule has 0 aliphatic rings. The first-order chi connectivity index (χ1) is 21.5. The van der Waals surface area contributed by atoms with Crippen molar-refractivity contribution < 1.29 is 36.2 Å². The van der Waals surface area contributed by atoms with Gasteiger partial charge in [0.25, 0.3) is 15.9 Å². The molecule has 0 bridgehead atoms. The lowest BCUT2D eigenvalue weighted by atomic mass is 10.1. The van der Waals surface area contributed by atoms with E-state index in [-0.39, 0.29) is 17.4 Å². The maximum Gasteiger partial charge on any atom is 0.264 e. The molecule has 0 N–H and O–H groups in total. The molecule has 1 amide bonds. The highest BCUT2D eigenvalue weighted by atomic mass is 35.5. The number of methoxy groups -OCH3 is 2. The van der Waals surface area contributed by atoms with Gasteiger partial charge in [0.15, 0.2) is 0 Å². The van der Waals surface area contributed by atoms with E-state index in [0.29, 0.717) is 46.4 Å². The molecule has 0 heterocycles. The van der Waals surface area contributed by atoms with Gasteiger partial charge in [-0.3, -0.25) is 9.10 Å². The summed E-state index contributed by atoms with van der Waals surface area (Å²) in [6.45, 7) is 2.09. The molecule has 238 valence electrons. The van der Waals surface area contributed by atoms with Crippen molar-refractivity contribution >= 4 is 33.2 Å². The molecule has 0 saturated heterocycles. The van der Waals surface area contributed by atoms with Gasteiger partial charge >= 0.3 is 0 Å². The lowest BCUT2D eigenvalue weighted by Gasteiger charge is -2.32. The SMILES string of the molecule is COc1ccc(C(=O)N(C)CCCOc2ccccc2C(C)N(c2cc(F)ccc2F)S(=O)(=O)c2ccc(Cl)cc2)c(OC)c1. The summed E-state index contributed by atoms with van der Waals surface area (Å²) in [5.74, 6) is -0.663. The number of anilines is 1. The van der Waals surface area contributed by atoms with Gasteiger partial charge in [0.2, 0.25) is 0 Å². The van der Waals surface area contributed by atoms with Crippen LogP contribution in [0.5, 0.6) is 17.2 Å². The van der Waals surface area contributed by atoms with E-state index in [4.69, 9.17) is 25.8 Å². The zero-order chi connectivity index (χ0) is 32.7. The highest BCUT2D eigenvalue weighted by Crippen LogP contribution is 2.38. The van der Waals surface area contributed by atoms with Crippen LogP contribution in [0.25, 0.3) is 0 Å². The van der Waals surface area contributed by atoms with Crippen molar-refractivity contribution in [3.63, 3.8) is 0 Å². The molecule has 4 rings (SSSR count). The number of amides is 1. The molecule has 1 unspecified atom stereocenters. The van der Waals surface area contributed by atoms with E-state index in [9.17, 15) is 17.6 Å². The van der Waals surface area contributed by atoms with Gasteiger partial charge in [-0.25, -0.2) is 17.2 Å². The van der Waals surface area contributed by atoms with Gasteiger partial charge in [0.1, 0.15) is 28.9 Å². The molecular formula is C33H33ClF2N2O6S. The minimum atomic E-state index is -4.41. The van der Waals surface area contributed by atoms with Crippen molar-refractivity contribution in [1.29, 1.82) is 0 Å². The number of ether oxygens (including phenoxy) is 3. The molecule has 4 aromatic rings. The smallest absolute Gasteiger partial charge is 0.264 e. The molecule has 1 atom stereocenters. The van der Waals surface area contributed by atoms with Crippen molar-refractivity contribution in [2.24, 2.45) is 0 Å². The van der Waals surface area contributed by atoms with Crippen LogP contribution in [0.2, 0.25) is 5.02 Å². The monoisotopic (exact) mass is 658 g/mol. The lowest BCUT2D eigenvalue weighted by molar-refractivity contribution is 0.0784. The van der Waals surface area contributed by atoms with Crippen molar-refractivity contribution in [2.75, 3.05) is 38.7 Å². The fourth-order valence-corrected chi connectivity index (χ4v) is 6.53. The van der Waals surface area contributed by atoms with E-state index >= 15 is 4.39 Å². The molecule has 0 radical (unpaired) electrons. The second-order valence-corrected chi connectivity index (χ2v) is 12.3. The molecule has 0 spiro atoms. The molecule has 0 fully saturated rings.